The first-order valence-corrected chi connectivity index (χ1v) is 9.58. The third kappa shape index (κ3) is 4.68. The average molecular weight is 424 g/mol. The zero-order valence-corrected chi connectivity index (χ0v) is 16.6. The van der Waals surface area contributed by atoms with Gasteiger partial charge in [0.15, 0.2) is 11.5 Å². The molecule has 1 aromatic heterocycles. The number of phenolic OH excluding ortho intramolecular Hbond substituents is 2. The van der Waals surface area contributed by atoms with Gasteiger partial charge in [0.1, 0.15) is 17.7 Å². The number of aromatic hydroxyl groups is 2. The Kier molecular flexibility index (Phi) is 5.39. The first-order valence-electron chi connectivity index (χ1n) is 9.58. The first-order chi connectivity index (χ1) is 14.7. The van der Waals surface area contributed by atoms with Gasteiger partial charge in [-0.2, -0.15) is 0 Å². The molecule has 0 bridgehead atoms. The van der Waals surface area contributed by atoms with Crippen molar-refractivity contribution < 1.29 is 14.6 Å². The molecule has 1 aliphatic heterocycles. The molecule has 1 fully saturated rings. The van der Waals surface area contributed by atoms with E-state index in [9.17, 15) is 15.0 Å². The number of nitrogens with two attached hydrogens (primary N) is 3. The Labute approximate surface area is 177 Å². The lowest BCUT2D eigenvalue weighted by atomic mass is 10.1. The molecule has 0 spiro atoms. The molecule has 162 valence electrons. The second-order valence-corrected chi connectivity index (χ2v) is 7.51. The van der Waals surface area contributed by atoms with Crippen molar-refractivity contribution in [2.24, 2.45) is 17.2 Å². The van der Waals surface area contributed by atoms with Crippen LogP contribution in [0.3, 0.4) is 0 Å². The van der Waals surface area contributed by atoms with Crippen LogP contribution in [0.15, 0.2) is 51.7 Å². The van der Waals surface area contributed by atoms with Gasteiger partial charge in [-0.3, -0.25) is 27.8 Å². The maximum absolute atomic E-state index is 12.2. The summed E-state index contributed by atoms with van der Waals surface area (Å²) in [5, 5.41) is 26.2. The summed E-state index contributed by atoms with van der Waals surface area (Å²) < 4.78 is 5.42. The number of fused-ring (bicyclic) bond motifs is 1. The highest BCUT2D eigenvalue weighted by atomic mass is 16.4. The van der Waals surface area contributed by atoms with E-state index in [0.29, 0.717) is 23.4 Å². The van der Waals surface area contributed by atoms with Crippen LogP contribution in [0.1, 0.15) is 11.1 Å². The van der Waals surface area contributed by atoms with E-state index in [1.807, 2.05) is 17.0 Å². The summed E-state index contributed by atoms with van der Waals surface area (Å²) in [5.41, 5.74) is 19.3. The molecule has 10 heteroatoms. The van der Waals surface area contributed by atoms with Crippen molar-refractivity contribution in [2.45, 2.75) is 12.1 Å². The number of nitrogens with one attached hydrogen (secondary N) is 2. The second-order valence-electron chi connectivity index (χ2n) is 7.51. The van der Waals surface area contributed by atoms with Crippen LogP contribution in [0.4, 0.5) is 5.69 Å². The molecule has 0 amide bonds. The largest absolute Gasteiger partial charge is 0.504 e. The zero-order valence-electron chi connectivity index (χ0n) is 16.6. The van der Waals surface area contributed by atoms with Crippen LogP contribution < -0.4 is 38.4 Å². The molecule has 31 heavy (non-hydrogen) atoms. The van der Waals surface area contributed by atoms with E-state index in [1.54, 1.807) is 24.3 Å². The summed E-state index contributed by atoms with van der Waals surface area (Å²) in [6, 6.07) is 11.3. The number of hydrogen-bond donors (Lipinski definition) is 7. The predicted molar refractivity (Wildman–Crippen MR) is 119 cm³/mol. The van der Waals surface area contributed by atoms with E-state index in [1.165, 1.54) is 18.2 Å². The molecule has 10 nitrogen and oxygen atoms in total. The Balaban J connectivity index is 1.71. The SMILES string of the molecule is NC(N)(N)CN(c1ccc2c(/C=C/c3ccc(O)c(O)c3)cc(=O)oc2c1)C1NCN1. The monoisotopic (exact) mass is 424 g/mol. The third-order valence-corrected chi connectivity index (χ3v) is 4.89. The Morgan fingerprint density at radius 1 is 1.06 bits per heavy atom. The third-order valence-electron chi connectivity index (χ3n) is 4.89. The lowest BCUT2D eigenvalue weighted by molar-refractivity contribution is 0.270. The fraction of sp³-hybridized carbons (Fsp3) is 0.190. The number of phenols is 2. The second kappa shape index (κ2) is 8.02. The Morgan fingerprint density at radius 3 is 2.48 bits per heavy atom. The van der Waals surface area contributed by atoms with Crippen molar-refractivity contribution in [1.29, 1.82) is 0 Å². The van der Waals surface area contributed by atoms with E-state index in [2.05, 4.69) is 10.6 Å². The summed E-state index contributed by atoms with van der Waals surface area (Å²) in [6.07, 6.45) is 3.26. The molecule has 10 N–H and O–H groups in total. The molecule has 3 aromatic rings. The molecular formula is C21H24N6O4. The molecule has 0 saturated carbocycles. The maximum atomic E-state index is 12.2. The van der Waals surface area contributed by atoms with Gasteiger partial charge < -0.3 is 19.5 Å². The van der Waals surface area contributed by atoms with E-state index in [0.717, 1.165) is 11.1 Å². The molecule has 0 radical (unpaired) electrons. The van der Waals surface area contributed by atoms with Gasteiger partial charge in [0, 0.05) is 23.2 Å². The van der Waals surface area contributed by atoms with Crippen LogP contribution in [0.5, 0.6) is 11.5 Å². The molecule has 0 atom stereocenters. The van der Waals surface area contributed by atoms with Crippen LogP contribution in [0.2, 0.25) is 0 Å². The summed E-state index contributed by atoms with van der Waals surface area (Å²) in [4.78, 5) is 14.0. The predicted octanol–water partition coefficient (Wildman–Crippen LogP) is 0.145. The highest BCUT2D eigenvalue weighted by Crippen LogP contribution is 2.28. The number of hydrogen-bond acceptors (Lipinski definition) is 10. The van der Waals surface area contributed by atoms with Crippen molar-refractivity contribution in [2.75, 3.05) is 18.1 Å². The smallest absolute Gasteiger partial charge is 0.336 e. The molecule has 2 aromatic carbocycles. The minimum absolute atomic E-state index is 0.150. The molecule has 1 saturated heterocycles. The standard InChI is InChI=1S/C21H24N6O4/c22-21(23,24)10-27(20-25-11-26-20)14-4-5-15-13(8-19(30)31-18(15)9-14)3-1-12-2-6-16(28)17(29)7-12/h1-9,20,25-26,28-29H,10-11,22-24H2/b3-1+. The van der Waals surface area contributed by atoms with Gasteiger partial charge in [0.2, 0.25) is 0 Å². The number of benzene rings is 2. The van der Waals surface area contributed by atoms with Gasteiger partial charge in [-0.1, -0.05) is 18.2 Å². The van der Waals surface area contributed by atoms with E-state index >= 15 is 0 Å². The molecular weight excluding hydrogens is 400 g/mol. The van der Waals surface area contributed by atoms with Crippen molar-refractivity contribution >= 4 is 28.8 Å². The normalized spacial score (nSPS) is 14.8. The summed E-state index contributed by atoms with van der Waals surface area (Å²) in [5.74, 6) is -1.85. The summed E-state index contributed by atoms with van der Waals surface area (Å²) in [6.45, 7) is 0.787. The van der Waals surface area contributed by atoms with Crippen LogP contribution in [-0.4, -0.2) is 35.5 Å². The maximum Gasteiger partial charge on any atom is 0.336 e. The van der Waals surface area contributed by atoms with Gasteiger partial charge in [-0.05, 0) is 35.4 Å². The van der Waals surface area contributed by atoms with Gasteiger partial charge in [-0.25, -0.2) is 4.79 Å². The number of anilines is 1. The lowest BCUT2D eigenvalue weighted by Gasteiger charge is -2.43. The van der Waals surface area contributed by atoms with Crippen molar-refractivity contribution in [3.8, 4) is 11.5 Å². The lowest BCUT2D eigenvalue weighted by Crippen LogP contribution is -2.73. The van der Waals surface area contributed by atoms with E-state index in [-0.39, 0.29) is 24.3 Å². The van der Waals surface area contributed by atoms with Gasteiger partial charge >= 0.3 is 5.63 Å². The fourth-order valence-electron chi connectivity index (χ4n) is 3.36. The van der Waals surface area contributed by atoms with Gasteiger partial charge in [-0.15, -0.1) is 0 Å². The van der Waals surface area contributed by atoms with Crippen LogP contribution in [0.25, 0.3) is 23.1 Å². The number of rotatable bonds is 6. The minimum Gasteiger partial charge on any atom is -0.504 e. The molecule has 4 rings (SSSR count). The summed E-state index contributed by atoms with van der Waals surface area (Å²) in [7, 11) is 0. The van der Waals surface area contributed by atoms with Crippen LogP contribution >= 0.6 is 0 Å². The van der Waals surface area contributed by atoms with Crippen LogP contribution in [-0.2, 0) is 0 Å². The fourth-order valence-corrected chi connectivity index (χ4v) is 3.36. The van der Waals surface area contributed by atoms with Gasteiger partial charge in [0.25, 0.3) is 0 Å². The average Bonchev–Trinajstić information content (AvgIpc) is 2.65. The minimum atomic E-state index is -1.42. The van der Waals surface area contributed by atoms with Crippen LogP contribution in [0, 0.1) is 0 Å². The topological polar surface area (TPSA) is 176 Å². The van der Waals surface area contributed by atoms with Crippen molar-refractivity contribution in [1.82, 2.24) is 10.6 Å². The molecule has 0 aliphatic carbocycles. The molecule has 2 heterocycles. The highest BCUT2D eigenvalue weighted by Gasteiger charge is 2.28. The zero-order chi connectivity index (χ0) is 22.2. The molecule has 0 unspecified atom stereocenters. The Hall–Kier alpha value is -3.41. The van der Waals surface area contributed by atoms with Gasteiger partial charge in [0.05, 0.1) is 13.2 Å². The molecule has 1 aliphatic rings. The van der Waals surface area contributed by atoms with Crippen molar-refractivity contribution in [3.63, 3.8) is 0 Å². The first kappa shape index (κ1) is 20.8. The summed E-state index contributed by atoms with van der Waals surface area (Å²) >= 11 is 0. The quantitative estimate of drug-likeness (QED) is 0.164. The highest BCUT2D eigenvalue weighted by molar-refractivity contribution is 5.91. The van der Waals surface area contributed by atoms with E-state index in [4.69, 9.17) is 21.6 Å². The Bertz CT molecular complexity index is 1200. The number of nitrogens with zero attached hydrogens (tertiary/aromatic N) is 1. The van der Waals surface area contributed by atoms with Crippen molar-refractivity contribution in [3.05, 3.63) is 64.0 Å². The Morgan fingerprint density at radius 2 is 1.84 bits per heavy atom. The van der Waals surface area contributed by atoms with E-state index < -0.39 is 11.4 Å².